The summed E-state index contributed by atoms with van der Waals surface area (Å²) in [5, 5.41) is 6.29. The molecule has 0 spiro atoms. The second-order valence-corrected chi connectivity index (χ2v) is 5.67. The van der Waals surface area contributed by atoms with Crippen LogP contribution in [0.3, 0.4) is 0 Å². The molecule has 0 saturated heterocycles. The van der Waals surface area contributed by atoms with Gasteiger partial charge in [-0.25, -0.2) is 8.78 Å². The molecule has 0 aromatic heterocycles. The van der Waals surface area contributed by atoms with Crippen molar-refractivity contribution in [2.24, 2.45) is 4.99 Å². The molecular weight excluding hydrogens is 451 g/mol. The van der Waals surface area contributed by atoms with Crippen molar-refractivity contribution in [2.45, 2.75) is 19.6 Å². The molecule has 142 valence electrons. The molecule has 2 rings (SSSR count). The van der Waals surface area contributed by atoms with Crippen molar-refractivity contribution in [3.8, 4) is 0 Å². The fraction of sp³-hybridized carbons (Fsp3) is 0.316. The molecule has 2 aromatic rings. The standard InChI is InChI=1S/C19H23F2N3O.HI/c1-13-4-5-14(10-17(13)21)11-23-19(22-2)24-12-18(25-3)15-6-8-16(20)9-7-15;/h4-10,18H,11-12H2,1-3H3,(H2,22,23,24);1H. The average Bonchev–Trinajstić information content (AvgIpc) is 2.62. The number of hydrogen-bond donors (Lipinski definition) is 2. The molecule has 1 unspecified atom stereocenters. The Morgan fingerprint density at radius 1 is 1.12 bits per heavy atom. The van der Waals surface area contributed by atoms with Crippen molar-refractivity contribution in [1.29, 1.82) is 0 Å². The van der Waals surface area contributed by atoms with Crippen LogP contribution in [0.25, 0.3) is 0 Å². The zero-order valence-corrected chi connectivity index (χ0v) is 17.4. The van der Waals surface area contributed by atoms with Crippen molar-refractivity contribution in [3.05, 3.63) is 70.8 Å². The summed E-state index contributed by atoms with van der Waals surface area (Å²) < 4.78 is 32.1. The monoisotopic (exact) mass is 475 g/mol. The van der Waals surface area contributed by atoms with Crippen molar-refractivity contribution in [2.75, 3.05) is 20.7 Å². The Bertz CT molecular complexity index is 723. The van der Waals surface area contributed by atoms with E-state index in [0.29, 0.717) is 24.6 Å². The molecule has 0 fully saturated rings. The van der Waals surface area contributed by atoms with Crippen LogP contribution in [0.15, 0.2) is 47.5 Å². The second-order valence-electron chi connectivity index (χ2n) is 5.67. The lowest BCUT2D eigenvalue weighted by atomic mass is 10.1. The number of halogens is 3. The van der Waals surface area contributed by atoms with Gasteiger partial charge in [-0.2, -0.15) is 0 Å². The normalized spacial score (nSPS) is 12.3. The topological polar surface area (TPSA) is 45.7 Å². The van der Waals surface area contributed by atoms with Gasteiger partial charge in [-0.15, -0.1) is 24.0 Å². The van der Waals surface area contributed by atoms with Gasteiger partial charge in [0.25, 0.3) is 0 Å². The lowest BCUT2D eigenvalue weighted by Gasteiger charge is -2.19. The predicted octanol–water partition coefficient (Wildman–Crippen LogP) is 3.94. The minimum absolute atomic E-state index is 0. The molecular formula is C19H24F2IN3O. The molecule has 2 aromatic carbocycles. The van der Waals surface area contributed by atoms with E-state index in [-0.39, 0.29) is 41.7 Å². The third-order valence-corrected chi connectivity index (χ3v) is 3.90. The number of nitrogens with one attached hydrogen (secondary N) is 2. The summed E-state index contributed by atoms with van der Waals surface area (Å²) in [6, 6.07) is 11.3. The number of rotatable bonds is 6. The highest BCUT2D eigenvalue weighted by atomic mass is 127. The van der Waals surface area contributed by atoms with Crippen molar-refractivity contribution in [1.82, 2.24) is 10.6 Å². The summed E-state index contributed by atoms with van der Waals surface area (Å²) >= 11 is 0. The molecule has 0 aliphatic rings. The van der Waals surface area contributed by atoms with Gasteiger partial charge in [0.2, 0.25) is 0 Å². The number of guanidine groups is 1. The molecule has 2 N–H and O–H groups in total. The fourth-order valence-electron chi connectivity index (χ4n) is 2.36. The first-order chi connectivity index (χ1) is 12.0. The van der Waals surface area contributed by atoms with Crippen LogP contribution in [-0.2, 0) is 11.3 Å². The van der Waals surface area contributed by atoms with Crippen LogP contribution in [0.1, 0.15) is 22.8 Å². The fourth-order valence-corrected chi connectivity index (χ4v) is 2.36. The van der Waals surface area contributed by atoms with Crippen LogP contribution >= 0.6 is 24.0 Å². The maximum atomic E-state index is 13.6. The summed E-state index contributed by atoms with van der Waals surface area (Å²) in [6.07, 6.45) is -0.240. The molecule has 0 bridgehead atoms. The Morgan fingerprint density at radius 2 is 1.81 bits per heavy atom. The Kier molecular flexibility index (Phi) is 9.50. The molecule has 1 atom stereocenters. The summed E-state index contributed by atoms with van der Waals surface area (Å²) in [5.74, 6) is 0.0671. The van der Waals surface area contributed by atoms with Crippen LogP contribution in [0.4, 0.5) is 8.78 Å². The summed E-state index contributed by atoms with van der Waals surface area (Å²) in [6.45, 7) is 2.64. The minimum Gasteiger partial charge on any atom is -0.375 e. The van der Waals surface area contributed by atoms with E-state index in [1.165, 1.54) is 18.2 Å². The van der Waals surface area contributed by atoms with E-state index in [4.69, 9.17) is 4.74 Å². The number of methoxy groups -OCH3 is 1. The number of aryl methyl sites for hydroxylation is 1. The van der Waals surface area contributed by atoms with Gasteiger partial charge in [-0.05, 0) is 41.8 Å². The van der Waals surface area contributed by atoms with Gasteiger partial charge in [0.15, 0.2) is 5.96 Å². The second kappa shape index (κ2) is 11.1. The van der Waals surface area contributed by atoms with Gasteiger partial charge in [0.1, 0.15) is 11.6 Å². The van der Waals surface area contributed by atoms with E-state index in [1.807, 2.05) is 6.07 Å². The minimum atomic E-state index is -0.283. The van der Waals surface area contributed by atoms with Crippen LogP contribution in [-0.4, -0.2) is 26.7 Å². The highest BCUT2D eigenvalue weighted by molar-refractivity contribution is 14.0. The van der Waals surface area contributed by atoms with Gasteiger partial charge < -0.3 is 15.4 Å². The van der Waals surface area contributed by atoms with Crippen molar-refractivity contribution >= 4 is 29.9 Å². The number of ether oxygens (including phenoxy) is 1. The van der Waals surface area contributed by atoms with Crippen LogP contribution in [0.5, 0.6) is 0 Å². The third kappa shape index (κ3) is 6.53. The molecule has 4 nitrogen and oxygen atoms in total. The van der Waals surface area contributed by atoms with Gasteiger partial charge in [-0.1, -0.05) is 24.3 Å². The van der Waals surface area contributed by atoms with E-state index in [9.17, 15) is 8.78 Å². The van der Waals surface area contributed by atoms with E-state index in [1.54, 1.807) is 39.3 Å². The maximum absolute atomic E-state index is 13.6. The average molecular weight is 475 g/mol. The SMILES string of the molecule is CN=C(NCc1ccc(C)c(F)c1)NCC(OC)c1ccc(F)cc1.I. The summed E-state index contributed by atoms with van der Waals surface area (Å²) in [7, 11) is 3.26. The Labute approximate surface area is 170 Å². The summed E-state index contributed by atoms with van der Waals surface area (Å²) in [5.41, 5.74) is 2.31. The molecule has 0 aliphatic carbocycles. The molecule has 0 heterocycles. The molecule has 7 heteroatoms. The first kappa shape index (κ1) is 22.3. The van der Waals surface area contributed by atoms with Gasteiger partial charge in [-0.3, -0.25) is 4.99 Å². The lowest BCUT2D eigenvalue weighted by Crippen LogP contribution is -2.39. The Hall–Kier alpha value is -1.74. The Balaban J connectivity index is 0.00000338. The number of benzene rings is 2. The van der Waals surface area contributed by atoms with E-state index >= 15 is 0 Å². The molecule has 0 amide bonds. The van der Waals surface area contributed by atoms with Crippen LogP contribution in [0, 0.1) is 18.6 Å². The maximum Gasteiger partial charge on any atom is 0.191 e. The third-order valence-electron chi connectivity index (χ3n) is 3.90. The Morgan fingerprint density at radius 3 is 2.38 bits per heavy atom. The van der Waals surface area contributed by atoms with E-state index in [2.05, 4.69) is 15.6 Å². The van der Waals surface area contributed by atoms with Crippen LogP contribution in [0.2, 0.25) is 0 Å². The van der Waals surface area contributed by atoms with Crippen LogP contribution < -0.4 is 10.6 Å². The first-order valence-electron chi connectivity index (χ1n) is 8.01. The zero-order valence-electron chi connectivity index (χ0n) is 15.1. The predicted molar refractivity (Wildman–Crippen MR) is 111 cm³/mol. The first-order valence-corrected chi connectivity index (χ1v) is 8.01. The van der Waals surface area contributed by atoms with E-state index < -0.39 is 0 Å². The van der Waals surface area contributed by atoms with E-state index in [0.717, 1.165) is 11.1 Å². The quantitative estimate of drug-likeness (QED) is 0.378. The number of nitrogens with zero attached hydrogens (tertiary/aromatic N) is 1. The highest BCUT2D eigenvalue weighted by Crippen LogP contribution is 2.16. The largest absolute Gasteiger partial charge is 0.375 e. The summed E-state index contributed by atoms with van der Waals surface area (Å²) in [4.78, 5) is 4.14. The van der Waals surface area contributed by atoms with Gasteiger partial charge >= 0.3 is 0 Å². The number of hydrogen-bond acceptors (Lipinski definition) is 2. The molecule has 26 heavy (non-hydrogen) atoms. The molecule has 0 aliphatic heterocycles. The smallest absolute Gasteiger partial charge is 0.191 e. The highest BCUT2D eigenvalue weighted by Gasteiger charge is 2.11. The van der Waals surface area contributed by atoms with Gasteiger partial charge in [0, 0.05) is 27.2 Å². The molecule has 0 saturated carbocycles. The molecule has 0 radical (unpaired) electrons. The van der Waals surface area contributed by atoms with Crippen molar-refractivity contribution in [3.63, 3.8) is 0 Å². The zero-order chi connectivity index (χ0) is 18.2. The van der Waals surface area contributed by atoms with Gasteiger partial charge in [0.05, 0.1) is 6.10 Å². The number of aliphatic imine (C=N–C) groups is 1. The van der Waals surface area contributed by atoms with Crippen molar-refractivity contribution < 1.29 is 13.5 Å². The lowest BCUT2D eigenvalue weighted by molar-refractivity contribution is 0.106.